The second-order valence-electron chi connectivity index (χ2n) is 7.63. The van der Waals surface area contributed by atoms with Crippen molar-refractivity contribution in [2.24, 2.45) is 0 Å². The molecule has 3 heterocycles. The van der Waals surface area contributed by atoms with Gasteiger partial charge in [0.2, 0.25) is 5.82 Å². The number of hydrogen-bond acceptors (Lipinski definition) is 6. The van der Waals surface area contributed by atoms with Crippen LogP contribution in [0.2, 0.25) is 0 Å². The molecule has 166 valence electrons. The van der Waals surface area contributed by atoms with Gasteiger partial charge in [0.25, 0.3) is 5.89 Å². The van der Waals surface area contributed by atoms with Gasteiger partial charge in [0, 0.05) is 17.1 Å². The van der Waals surface area contributed by atoms with Crippen molar-refractivity contribution in [2.75, 3.05) is 6.26 Å². The van der Waals surface area contributed by atoms with Crippen molar-refractivity contribution in [2.45, 2.75) is 24.4 Å². The predicted molar refractivity (Wildman–Crippen MR) is 139 cm³/mol. The molecular formula is C25H22N4OS3. The monoisotopic (exact) mass is 490 g/mol. The highest BCUT2D eigenvalue weighted by molar-refractivity contribution is 7.98. The smallest absolute Gasteiger partial charge is 0.258 e. The zero-order valence-electron chi connectivity index (χ0n) is 18.2. The number of thiocarbonyl (C=S) groups is 1. The van der Waals surface area contributed by atoms with Crippen LogP contribution < -0.4 is 5.32 Å². The lowest BCUT2D eigenvalue weighted by molar-refractivity contribution is 0.396. The SMILES string of the molecule is CSc1ccc(C2NC(=S)N(Cc3ccccc3)C(C)=C2c2nc(-c3cccs3)no2)cc1. The van der Waals surface area contributed by atoms with Crippen molar-refractivity contribution in [1.82, 2.24) is 20.4 Å². The normalized spacial score (nSPS) is 16.2. The summed E-state index contributed by atoms with van der Waals surface area (Å²) in [5.74, 6) is 1.10. The lowest BCUT2D eigenvalue weighted by atomic mass is 9.94. The largest absolute Gasteiger partial charge is 0.351 e. The third-order valence-corrected chi connectivity index (χ3v) is 7.57. The molecule has 2 aromatic heterocycles. The molecule has 0 saturated carbocycles. The lowest BCUT2D eigenvalue weighted by Crippen LogP contribution is -2.45. The Balaban J connectivity index is 1.59. The molecular weight excluding hydrogens is 469 g/mol. The highest BCUT2D eigenvalue weighted by Crippen LogP contribution is 2.38. The fourth-order valence-corrected chi connectivity index (χ4v) is 5.28. The summed E-state index contributed by atoms with van der Waals surface area (Å²) in [6.07, 6.45) is 2.07. The summed E-state index contributed by atoms with van der Waals surface area (Å²) in [5, 5.41) is 10.5. The lowest BCUT2D eigenvalue weighted by Gasteiger charge is -2.37. The van der Waals surface area contributed by atoms with Gasteiger partial charge in [-0.25, -0.2) is 0 Å². The molecule has 1 aliphatic rings. The van der Waals surface area contributed by atoms with Crippen LogP contribution in [0, 0.1) is 0 Å². The quantitative estimate of drug-likeness (QED) is 0.248. The Morgan fingerprint density at radius 1 is 1.09 bits per heavy atom. The predicted octanol–water partition coefficient (Wildman–Crippen LogP) is 6.38. The second kappa shape index (κ2) is 9.51. The molecule has 5 nitrogen and oxygen atoms in total. The number of rotatable bonds is 6. The molecule has 5 rings (SSSR count). The first-order valence-corrected chi connectivity index (χ1v) is 13.0. The van der Waals surface area contributed by atoms with Crippen LogP contribution in [0.15, 0.2) is 87.2 Å². The molecule has 0 aliphatic carbocycles. The molecule has 0 saturated heterocycles. The van der Waals surface area contributed by atoms with Gasteiger partial charge in [0.1, 0.15) is 0 Å². The number of thiophene rings is 1. The van der Waals surface area contributed by atoms with Gasteiger partial charge in [-0.05, 0) is 60.1 Å². The zero-order chi connectivity index (χ0) is 22.8. The number of nitrogens with one attached hydrogen (secondary N) is 1. The highest BCUT2D eigenvalue weighted by atomic mass is 32.2. The summed E-state index contributed by atoms with van der Waals surface area (Å²) in [5.41, 5.74) is 4.21. The molecule has 1 unspecified atom stereocenters. The number of nitrogens with zero attached hydrogens (tertiary/aromatic N) is 3. The van der Waals surface area contributed by atoms with Gasteiger partial charge in [0.15, 0.2) is 5.11 Å². The minimum atomic E-state index is -0.183. The van der Waals surface area contributed by atoms with E-state index in [0.29, 0.717) is 23.4 Å². The van der Waals surface area contributed by atoms with E-state index >= 15 is 0 Å². The molecule has 1 N–H and O–H groups in total. The molecule has 1 aliphatic heterocycles. The molecule has 1 atom stereocenters. The average molecular weight is 491 g/mol. The van der Waals surface area contributed by atoms with Crippen LogP contribution in [0.1, 0.15) is 30.0 Å². The maximum Gasteiger partial charge on any atom is 0.258 e. The van der Waals surface area contributed by atoms with E-state index in [4.69, 9.17) is 21.7 Å². The number of allylic oxidation sites excluding steroid dienone is 1. The Hall–Kier alpha value is -2.94. The third-order valence-electron chi connectivity index (χ3n) is 5.63. The topological polar surface area (TPSA) is 54.2 Å². The van der Waals surface area contributed by atoms with Crippen molar-refractivity contribution >= 4 is 46.0 Å². The van der Waals surface area contributed by atoms with Crippen LogP contribution >= 0.6 is 35.3 Å². The van der Waals surface area contributed by atoms with Gasteiger partial charge in [-0.2, -0.15) is 4.98 Å². The number of benzene rings is 2. The Bertz CT molecular complexity index is 1280. The minimum Gasteiger partial charge on any atom is -0.351 e. The van der Waals surface area contributed by atoms with Crippen LogP contribution in [0.4, 0.5) is 0 Å². The van der Waals surface area contributed by atoms with Crippen molar-refractivity contribution in [3.05, 3.63) is 94.8 Å². The average Bonchev–Trinajstić information content (AvgIpc) is 3.54. The van der Waals surface area contributed by atoms with E-state index in [1.807, 2.05) is 35.7 Å². The molecule has 8 heteroatoms. The number of hydrogen-bond donors (Lipinski definition) is 1. The van der Waals surface area contributed by atoms with E-state index in [1.165, 1.54) is 10.5 Å². The standard InChI is InChI=1S/C25H22N4OS3/c1-16-21(24-27-23(28-30-24)20-9-6-14-33-20)22(18-10-12-19(32-2)13-11-18)26-25(31)29(16)15-17-7-4-3-5-8-17/h3-14,22H,15H2,1-2H3,(H,26,31). The van der Waals surface area contributed by atoms with Crippen LogP contribution in [0.3, 0.4) is 0 Å². The third kappa shape index (κ3) is 4.46. The Morgan fingerprint density at radius 2 is 1.88 bits per heavy atom. The highest BCUT2D eigenvalue weighted by Gasteiger charge is 2.34. The molecule has 2 aromatic carbocycles. The number of aromatic nitrogens is 2. The summed E-state index contributed by atoms with van der Waals surface area (Å²) in [6.45, 7) is 2.73. The van der Waals surface area contributed by atoms with Crippen molar-refractivity contribution < 1.29 is 4.52 Å². The van der Waals surface area contributed by atoms with Gasteiger partial charge in [0.05, 0.1) is 16.5 Å². The minimum absolute atomic E-state index is 0.183. The molecule has 33 heavy (non-hydrogen) atoms. The van der Waals surface area contributed by atoms with E-state index in [1.54, 1.807) is 23.1 Å². The molecule has 0 bridgehead atoms. The summed E-state index contributed by atoms with van der Waals surface area (Å²) in [7, 11) is 0. The summed E-state index contributed by atoms with van der Waals surface area (Å²) in [4.78, 5) is 9.05. The maximum atomic E-state index is 5.81. The van der Waals surface area contributed by atoms with Gasteiger partial charge in [-0.15, -0.1) is 23.1 Å². The second-order valence-corrected chi connectivity index (χ2v) is 9.84. The Morgan fingerprint density at radius 3 is 2.58 bits per heavy atom. The van der Waals surface area contributed by atoms with Crippen LogP contribution in [-0.2, 0) is 6.54 Å². The van der Waals surface area contributed by atoms with Crippen LogP contribution in [0.25, 0.3) is 16.3 Å². The molecule has 0 radical (unpaired) electrons. The summed E-state index contributed by atoms with van der Waals surface area (Å²) in [6, 6.07) is 22.6. The van der Waals surface area contributed by atoms with Crippen molar-refractivity contribution in [3.8, 4) is 10.7 Å². The van der Waals surface area contributed by atoms with Crippen LogP contribution in [-0.4, -0.2) is 26.4 Å². The zero-order valence-corrected chi connectivity index (χ0v) is 20.6. The van der Waals surface area contributed by atoms with E-state index in [9.17, 15) is 0 Å². The van der Waals surface area contributed by atoms with Gasteiger partial charge < -0.3 is 14.7 Å². The first-order valence-electron chi connectivity index (χ1n) is 10.5. The first-order chi connectivity index (χ1) is 16.1. The first kappa shape index (κ1) is 21.9. The molecule has 0 amide bonds. The van der Waals surface area contributed by atoms with E-state index < -0.39 is 0 Å². The number of thioether (sulfide) groups is 1. The van der Waals surface area contributed by atoms with Crippen molar-refractivity contribution in [3.63, 3.8) is 0 Å². The fraction of sp³-hybridized carbons (Fsp3) is 0.160. The van der Waals surface area contributed by atoms with Crippen molar-refractivity contribution in [1.29, 1.82) is 0 Å². The van der Waals surface area contributed by atoms with Gasteiger partial charge in [-0.1, -0.05) is 53.7 Å². The Labute approximate surface area is 206 Å². The van der Waals surface area contributed by atoms with E-state index in [-0.39, 0.29) is 6.04 Å². The van der Waals surface area contributed by atoms with E-state index in [0.717, 1.165) is 21.7 Å². The van der Waals surface area contributed by atoms with E-state index in [2.05, 4.69) is 65.0 Å². The molecule has 0 fully saturated rings. The molecule has 0 spiro atoms. The fourth-order valence-electron chi connectivity index (χ4n) is 3.90. The molecule has 4 aromatic rings. The Kier molecular flexibility index (Phi) is 6.30. The summed E-state index contributed by atoms with van der Waals surface area (Å²) >= 11 is 9.12. The van der Waals surface area contributed by atoms with Gasteiger partial charge in [-0.3, -0.25) is 0 Å². The maximum absolute atomic E-state index is 5.81. The van der Waals surface area contributed by atoms with Gasteiger partial charge >= 0.3 is 0 Å². The summed E-state index contributed by atoms with van der Waals surface area (Å²) < 4.78 is 5.80. The van der Waals surface area contributed by atoms with Crippen LogP contribution in [0.5, 0.6) is 0 Å².